The molecule has 0 spiro atoms. The van der Waals surface area contributed by atoms with Crippen molar-refractivity contribution in [3.63, 3.8) is 0 Å². The van der Waals surface area contributed by atoms with Gasteiger partial charge in [0, 0.05) is 0 Å². The van der Waals surface area contributed by atoms with E-state index < -0.39 is 0 Å². The van der Waals surface area contributed by atoms with Crippen LogP contribution in [-0.2, 0) is 0 Å². The summed E-state index contributed by atoms with van der Waals surface area (Å²) in [6.45, 7) is 0. The number of ether oxygens (including phenoxy) is 1. The predicted octanol–water partition coefficient (Wildman–Crippen LogP) is 0.925. The molecule has 1 heterocycles. The van der Waals surface area contributed by atoms with Gasteiger partial charge in [-0.3, -0.25) is 0 Å². The van der Waals surface area contributed by atoms with E-state index in [0.29, 0.717) is 11.3 Å². The van der Waals surface area contributed by atoms with E-state index in [0.717, 1.165) is 0 Å². The second-order valence-corrected chi connectivity index (χ2v) is 2.07. The molecule has 0 bridgehead atoms. The van der Waals surface area contributed by atoms with Gasteiger partial charge in [0.05, 0.1) is 0 Å². The number of esters is 1. The fraction of sp³-hybridized carbons (Fsp3) is 0. The van der Waals surface area contributed by atoms with E-state index in [1.54, 1.807) is 6.07 Å². The second-order valence-electron chi connectivity index (χ2n) is 2.07. The minimum Gasteiger partial charge on any atom is -0.508 e. The minimum absolute atomic E-state index is 0.0930. The molecule has 0 fully saturated rings. The fourth-order valence-electron chi connectivity index (χ4n) is 0.875. The Morgan fingerprint density at radius 2 is 2.20 bits per heavy atom. The standard InChI is InChI=1S/C7H4O3/c8-4-1-2-6-5(3-4)7(9)10-6/h1-3,8H. The Hall–Kier alpha value is -1.51. The van der Waals surface area contributed by atoms with Crippen molar-refractivity contribution in [3.05, 3.63) is 23.8 Å². The molecule has 0 amide bonds. The normalized spacial score (nSPS) is 13.4. The van der Waals surface area contributed by atoms with Gasteiger partial charge in [0.2, 0.25) is 0 Å². The highest BCUT2D eigenvalue weighted by atomic mass is 16.6. The van der Waals surface area contributed by atoms with Gasteiger partial charge >= 0.3 is 5.97 Å². The number of benzene rings is 1. The van der Waals surface area contributed by atoms with Crippen LogP contribution in [-0.4, -0.2) is 11.1 Å². The lowest BCUT2D eigenvalue weighted by Crippen LogP contribution is -2.20. The van der Waals surface area contributed by atoms with E-state index >= 15 is 0 Å². The van der Waals surface area contributed by atoms with Crippen LogP contribution >= 0.6 is 0 Å². The Labute approximate surface area is 56.9 Å². The van der Waals surface area contributed by atoms with Crippen molar-refractivity contribution >= 4 is 5.97 Å². The van der Waals surface area contributed by atoms with Crippen molar-refractivity contribution in [3.8, 4) is 11.5 Å². The van der Waals surface area contributed by atoms with Crippen LogP contribution < -0.4 is 4.74 Å². The number of hydrogen-bond acceptors (Lipinski definition) is 3. The van der Waals surface area contributed by atoms with Gasteiger partial charge in [-0.05, 0) is 18.2 Å². The summed E-state index contributed by atoms with van der Waals surface area (Å²) >= 11 is 0. The number of fused-ring (bicyclic) bond motifs is 1. The summed E-state index contributed by atoms with van der Waals surface area (Å²) in [5.74, 6) is 0.268. The summed E-state index contributed by atoms with van der Waals surface area (Å²) in [4.78, 5) is 10.5. The van der Waals surface area contributed by atoms with Gasteiger partial charge in [-0.15, -0.1) is 0 Å². The number of phenols is 1. The molecular formula is C7H4O3. The number of hydrogen-bond donors (Lipinski definition) is 1. The van der Waals surface area contributed by atoms with Gasteiger partial charge < -0.3 is 9.84 Å². The molecule has 1 aliphatic rings. The molecule has 0 unspecified atom stereocenters. The molecule has 0 saturated carbocycles. The maximum Gasteiger partial charge on any atom is 0.347 e. The lowest BCUT2D eigenvalue weighted by molar-refractivity contribution is 0.0658. The van der Waals surface area contributed by atoms with Gasteiger partial charge in [0.15, 0.2) is 0 Å². The number of carbonyl (C=O) groups excluding carboxylic acids is 1. The molecule has 10 heavy (non-hydrogen) atoms. The van der Waals surface area contributed by atoms with Crippen LogP contribution in [0.1, 0.15) is 10.4 Å². The molecule has 0 saturated heterocycles. The molecule has 0 aliphatic carbocycles. The topological polar surface area (TPSA) is 46.5 Å². The summed E-state index contributed by atoms with van der Waals surface area (Å²) in [6, 6.07) is 4.43. The van der Waals surface area contributed by atoms with E-state index in [2.05, 4.69) is 4.74 Å². The molecule has 0 atom stereocenters. The van der Waals surface area contributed by atoms with Gasteiger partial charge in [0.1, 0.15) is 17.1 Å². The molecule has 50 valence electrons. The molecule has 1 aliphatic heterocycles. The van der Waals surface area contributed by atoms with Crippen LogP contribution in [0.25, 0.3) is 0 Å². The maximum atomic E-state index is 10.5. The van der Waals surface area contributed by atoms with E-state index in [1.807, 2.05) is 0 Å². The average molecular weight is 136 g/mol. The lowest BCUT2D eigenvalue weighted by Gasteiger charge is -2.16. The van der Waals surface area contributed by atoms with Gasteiger partial charge in [-0.2, -0.15) is 0 Å². The summed E-state index contributed by atoms with van der Waals surface area (Å²) in [5, 5.41) is 8.88. The largest absolute Gasteiger partial charge is 0.508 e. The zero-order valence-corrected chi connectivity index (χ0v) is 5.00. The highest BCUT2D eigenvalue weighted by Gasteiger charge is 2.25. The number of phenolic OH excluding ortho intramolecular Hbond substituents is 1. The Kier molecular flexibility index (Phi) is 0.795. The zero-order chi connectivity index (χ0) is 7.14. The van der Waals surface area contributed by atoms with Crippen molar-refractivity contribution in [1.29, 1.82) is 0 Å². The highest BCUT2D eigenvalue weighted by Crippen LogP contribution is 2.31. The smallest absolute Gasteiger partial charge is 0.347 e. The van der Waals surface area contributed by atoms with Crippen molar-refractivity contribution in [2.45, 2.75) is 0 Å². The molecule has 2 rings (SSSR count). The first-order valence-corrected chi connectivity index (χ1v) is 2.82. The summed E-state index contributed by atoms with van der Waals surface area (Å²) < 4.78 is 4.59. The van der Waals surface area contributed by atoms with E-state index in [1.165, 1.54) is 12.1 Å². The van der Waals surface area contributed by atoms with E-state index in [-0.39, 0.29) is 11.7 Å². The molecular weight excluding hydrogens is 132 g/mol. The number of aromatic hydroxyl groups is 1. The fourth-order valence-corrected chi connectivity index (χ4v) is 0.875. The Morgan fingerprint density at radius 1 is 1.40 bits per heavy atom. The Bertz CT molecular complexity index is 304. The summed E-state index contributed by atoms with van der Waals surface area (Å²) in [7, 11) is 0. The van der Waals surface area contributed by atoms with Gasteiger partial charge in [-0.25, -0.2) is 4.79 Å². The average Bonchev–Trinajstić information content (AvgIpc) is 1.92. The molecule has 1 aromatic rings. The third kappa shape index (κ3) is 0.515. The van der Waals surface area contributed by atoms with Crippen molar-refractivity contribution in [1.82, 2.24) is 0 Å². The van der Waals surface area contributed by atoms with E-state index in [4.69, 9.17) is 5.11 Å². The van der Waals surface area contributed by atoms with Crippen LogP contribution in [0.3, 0.4) is 0 Å². The van der Waals surface area contributed by atoms with Gasteiger partial charge in [0.25, 0.3) is 0 Å². The highest BCUT2D eigenvalue weighted by molar-refractivity contribution is 6.01. The quantitative estimate of drug-likeness (QED) is 0.539. The molecule has 1 N–H and O–H groups in total. The van der Waals surface area contributed by atoms with Crippen LogP contribution in [0, 0.1) is 0 Å². The zero-order valence-electron chi connectivity index (χ0n) is 5.00. The number of carbonyl (C=O) groups is 1. The first-order valence-electron chi connectivity index (χ1n) is 2.82. The van der Waals surface area contributed by atoms with E-state index in [9.17, 15) is 4.79 Å². The third-order valence-corrected chi connectivity index (χ3v) is 1.39. The molecule has 3 nitrogen and oxygen atoms in total. The van der Waals surface area contributed by atoms with Crippen molar-refractivity contribution in [2.75, 3.05) is 0 Å². The Morgan fingerprint density at radius 3 is 2.80 bits per heavy atom. The molecule has 1 aromatic carbocycles. The summed E-state index contributed by atoms with van der Waals surface area (Å²) in [5.41, 5.74) is 0.458. The second kappa shape index (κ2) is 1.50. The SMILES string of the molecule is O=C1Oc2ccc(O)cc21. The van der Waals surface area contributed by atoms with Crippen LogP contribution in [0.5, 0.6) is 11.5 Å². The molecule has 3 heteroatoms. The Balaban J connectivity index is 2.61. The van der Waals surface area contributed by atoms with Gasteiger partial charge in [-0.1, -0.05) is 0 Å². The van der Waals surface area contributed by atoms with Crippen molar-refractivity contribution in [2.24, 2.45) is 0 Å². The lowest BCUT2D eigenvalue weighted by atomic mass is 10.1. The minimum atomic E-state index is -0.370. The first-order chi connectivity index (χ1) is 4.77. The number of rotatable bonds is 0. The van der Waals surface area contributed by atoms with Crippen LogP contribution in [0.2, 0.25) is 0 Å². The molecule has 0 aromatic heterocycles. The van der Waals surface area contributed by atoms with Crippen LogP contribution in [0.15, 0.2) is 18.2 Å². The maximum absolute atomic E-state index is 10.5. The molecule has 0 radical (unpaired) electrons. The monoisotopic (exact) mass is 136 g/mol. The van der Waals surface area contributed by atoms with Crippen LogP contribution in [0.4, 0.5) is 0 Å². The summed E-state index contributed by atoms with van der Waals surface area (Å²) in [6.07, 6.45) is 0. The third-order valence-electron chi connectivity index (χ3n) is 1.39. The first kappa shape index (κ1) is 5.29. The van der Waals surface area contributed by atoms with Crippen molar-refractivity contribution < 1.29 is 14.6 Å². The predicted molar refractivity (Wildman–Crippen MR) is 33.1 cm³/mol.